The van der Waals surface area contributed by atoms with Crippen molar-refractivity contribution in [3.05, 3.63) is 59.4 Å². The molecule has 1 heterocycles. The molecule has 106 valence electrons. The summed E-state index contributed by atoms with van der Waals surface area (Å²) >= 11 is 0. The molecule has 2 atom stereocenters. The molecule has 0 fully saturated rings. The lowest BCUT2D eigenvalue weighted by Crippen LogP contribution is -2.21. The number of fused-ring (bicyclic) bond motifs is 1. The smallest absolute Gasteiger partial charge is 0.0291 e. The van der Waals surface area contributed by atoms with Crippen LogP contribution >= 0.6 is 0 Å². The molecule has 0 saturated carbocycles. The Morgan fingerprint density at radius 2 is 2.10 bits per heavy atom. The van der Waals surface area contributed by atoms with Crippen LogP contribution in [0.1, 0.15) is 42.5 Å². The van der Waals surface area contributed by atoms with Gasteiger partial charge in [0, 0.05) is 36.8 Å². The minimum atomic E-state index is 0.224. The zero-order valence-electron chi connectivity index (χ0n) is 12.3. The Labute approximate surface area is 121 Å². The van der Waals surface area contributed by atoms with E-state index >= 15 is 0 Å². The first kappa shape index (κ1) is 13.4. The van der Waals surface area contributed by atoms with Gasteiger partial charge in [0.1, 0.15) is 0 Å². The van der Waals surface area contributed by atoms with Crippen molar-refractivity contribution in [2.24, 2.45) is 5.73 Å². The van der Waals surface area contributed by atoms with Crippen molar-refractivity contribution in [3.8, 4) is 0 Å². The third-order valence-electron chi connectivity index (χ3n) is 4.37. The monoisotopic (exact) mass is 268 g/mol. The molecular weight excluding hydrogens is 244 g/mol. The van der Waals surface area contributed by atoms with Crippen LogP contribution in [0.3, 0.4) is 0 Å². The topological polar surface area (TPSA) is 30.9 Å². The Morgan fingerprint density at radius 1 is 1.25 bits per heavy atom. The molecule has 3 rings (SSSR count). The normalized spacial score (nSPS) is 19.6. The second kappa shape index (κ2) is 5.84. The lowest BCUT2D eigenvalue weighted by Gasteiger charge is -2.27. The van der Waals surface area contributed by atoms with Crippen LogP contribution in [-0.2, 0) is 19.4 Å². The predicted octanol–water partition coefficient (Wildman–Crippen LogP) is 3.50. The number of aromatic nitrogens is 1. The number of nitrogens with zero attached hydrogens (tertiary/aromatic N) is 1. The van der Waals surface area contributed by atoms with Crippen molar-refractivity contribution < 1.29 is 0 Å². The first-order valence-corrected chi connectivity index (χ1v) is 7.71. The third-order valence-corrected chi connectivity index (χ3v) is 4.37. The zero-order chi connectivity index (χ0) is 13.9. The van der Waals surface area contributed by atoms with Crippen LogP contribution in [0.5, 0.6) is 0 Å². The molecule has 0 aliphatic heterocycles. The molecule has 20 heavy (non-hydrogen) atoms. The second-order valence-corrected chi connectivity index (χ2v) is 6.12. The summed E-state index contributed by atoms with van der Waals surface area (Å²) in [5.41, 5.74) is 10.4. The van der Waals surface area contributed by atoms with E-state index < -0.39 is 0 Å². The number of rotatable bonds is 4. The quantitative estimate of drug-likeness (QED) is 0.904. The van der Waals surface area contributed by atoms with E-state index in [4.69, 9.17) is 5.73 Å². The largest absolute Gasteiger partial charge is 0.351 e. The van der Waals surface area contributed by atoms with Crippen molar-refractivity contribution >= 4 is 0 Å². The Kier molecular flexibility index (Phi) is 3.93. The van der Waals surface area contributed by atoms with Gasteiger partial charge in [-0.1, -0.05) is 24.3 Å². The predicted molar refractivity (Wildman–Crippen MR) is 83.9 cm³/mol. The van der Waals surface area contributed by atoms with Gasteiger partial charge in [-0.15, -0.1) is 0 Å². The molecule has 1 aromatic heterocycles. The van der Waals surface area contributed by atoms with E-state index in [1.165, 1.54) is 25.0 Å². The average Bonchev–Trinajstić information content (AvgIpc) is 2.86. The highest BCUT2D eigenvalue weighted by Gasteiger charge is 2.20. The average molecular weight is 268 g/mol. The minimum absolute atomic E-state index is 0.224. The van der Waals surface area contributed by atoms with Crippen LogP contribution in [0.15, 0.2) is 42.6 Å². The Bertz CT molecular complexity index is 568. The molecular formula is C18H24N2. The molecule has 2 nitrogen and oxygen atoms in total. The van der Waals surface area contributed by atoms with Crippen LogP contribution in [0.2, 0.25) is 0 Å². The molecule has 0 amide bonds. The van der Waals surface area contributed by atoms with Gasteiger partial charge in [0.2, 0.25) is 0 Å². The maximum atomic E-state index is 5.95. The van der Waals surface area contributed by atoms with Gasteiger partial charge in [0.15, 0.2) is 0 Å². The standard InChI is InChI=1S/C18H24N2/c1-14(19)12-17-9-5-11-20(17)13-16-8-4-7-15-6-2-3-10-18(15)16/h2-3,5-6,9-11,14,16H,4,7-8,12-13,19H2,1H3. The highest BCUT2D eigenvalue weighted by Crippen LogP contribution is 2.33. The van der Waals surface area contributed by atoms with Crippen molar-refractivity contribution in [1.29, 1.82) is 0 Å². The van der Waals surface area contributed by atoms with Crippen LogP contribution < -0.4 is 5.73 Å². The molecule has 0 radical (unpaired) electrons. The fraction of sp³-hybridized carbons (Fsp3) is 0.444. The number of aryl methyl sites for hydroxylation is 1. The molecule has 2 N–H and O–H groups in total. The van der Waals surface area contributed by atoms with Gasteiger partial charge < -0.3 is 10.3 Å². The summed E-state index contributed by atoms with van der Waals surface area (Å²) in [5, 5.41) is 0. The number of benzene rings is 1. The maximum Gasteiger partial charge on any atom is 0.0291 e. The van der Waals surface area contributed by atoms with Crippen LogP contribution in [0.4, 0.5) is 0 Å². The molecule has 1 aromatic carbocycles. The van der Waals surface area contributed by atoms with E-state index in [0.717, 1.165) is 13.0 Å². The van der Waals surface area contributed by atoms with Gasteiger partial charge >= 0.3 is 0 Å². The second-order valence-electron chi connectivity index (χ2n) is 6.12. The van der Waals surface area contributed by atoms with Gasteiger partial charge in [-0.25, -0.2) is 0 Å². The molecule has 0 bridgehead atoms. The fourth-order valence-electron chi connectivity index (χ4n) is 3.42. The van der Waals surface area contributed by atoms with Gasteiger partial charge in [-0.3, -0.25) is 0 Å². The lowest BCUT2D eigenvalue weighted by molar-refractivity contribution is 0.473. The zero-order valence-corrected chi connectivity index (χ0v) is 12.3. The fourth-order valence-corrected chi connectivity index (χ4v) is 3.42. The summed E-state index contributed by atoms with van der Waals surface area (Å²) in [6, 6.07) is 13.5. The van der Waals surface area contributed by atoms with Crippen LogP contribution in [0, 0.1) is 0 Å². The minimum Gasteiger partial charge on any atom is -0.351 e. The summed E-state index contributed by atoms with van der Waals surface area (Å²) in [7, 11) is 0. The van der Waals surface area contributed by atoms with Crippen molar-refractivity contribution in [2.75, 3.05) is 0 Å². The van der Waals surface area contributed by atoms with Gasteiger partial charge in [0.05, 0.1) is 0 Å². The first-order chi connectivity index (χ1) is 9.74. The van der Waals surface area contributed by atoms with Crippen LogP contribution in [-0.4, -0.2) is 10.6 Å². The number of hydrogen-bond donors (Lipinski definition) is 1. The highest BCUT2D eigenvalue weighted by atomic mass is 15.0. The summed E-state index contributed by atoms with van der Waals surface area (Å²) in [4.78, 5) is 0. The van der Waals surface area contributed by atoms with Crippen molar-refractivity contribution in [1.82, 2.24) is 4.57 Å². The van der Waals surface area contributed by atoms with Gasteiger partial charge in [0.25, 0.3) is 0 Å². The Hall–Kier alpha value is -1.54. The van der Waals surface area contributed by atoms with Crippen molar-refractivity contribution in [3.63, 3.8) is 0 Å². The van der Waals surface area contributed by atoms with Gasteiger partial charge in [-0.05, 0) is 49.4 Å². The first-order valence-electron chi connectivity index (χ1n) is 7.71. The van der Waals surface area contributed by atoms with Crippen LogP contribution in [0.25, 0.3) is 0 Å². The molecule has 1 aliphatic carbocycles. The summed E-state index contributed by atoms with van der Waals surface area (Å²) in [6.45, 7) is 3.17. The number of nitrogens with two attached hydrogens (primary N) is 1. The summed E-state index contributed by atoms with van der Waals surface area (Å²) in [5.74, 6) is 0.652. The van der Waals surface area contributed by atoms with Gasteiger partial charge in [-0.2, -0.15) is 0 Å². The maximum absolute atomic E-state index is 5.95. The summed E-state index contributed by atoms with van der Waals surface area (Å²) < 4.78 is 2.40. The molecule has 2 aromatic rings. The number of hydrogen-bond acceptors (Lipinski definition) is 1. The molecule has 0 spiro atoms. The summed E-state index contributed by atoms with van der Waals surface area (Å²) in [6.07, 6.45) is 7.01. The Balaban J connectivity index is 1.81. The lowest BCUT2D eigenvalue weighted by atomic mass is 9.83. The molecule has 2 unspecified atom stereocenters. The van der Waals surface area contributed by atoms with E-state index in [1.807, 2.05) is 0 Å². The van der Waals surface area contributed by atoms with E-state index in [-0.39, 0.29) is 6.04 Å². The third kappa shape index (κ3) is 2.80. The van der Waals surface area contributed by atoms with E-state index in [1.54, 1.807) is 11.1 Å². The Morgan fingerprint density at radius 3 is 2.95 bits per heavy atom. The molecule has 0 saturated heterocycles. The SMILES string of the molecule is CC(N)Cc1cccn1CC1CCCc2ccccc21. The van der Waals surface area contributed by atoms with E-state index in [2.05, 4.69) is 54.1 Å². The molecule has 1 aliphatic rings. The highest BCUT2D eigenvalue weighted by molar-refractivity contribution is 5.32. The van der Waals surface area contributed by atoms with E-state index in [0.29, 0.717) is 5.92 Å². The molecule has 2 heteroatoms. The van der Waals surface area contributed by atoms with Crippen molar-refractivity contribution in [2.45, 2.75) is 51.1 Å². The van der Waals surface area contributed by atoms with E-state index in [9.17, 15) is 0 Å².